The van der Waals surface area contributed by atoms with Gasteiger partial charge in [0.1, 0.15) is 11.8 Å². The molecule has 0 radical (unpaired) electrons. The van der Waals surface area contributed by atoms with Gasteiger partial charge >= 0.3 is 5.97 Å². The van der Waals surface area contributed by atoms with E-state index in [1.54, 1.807) is 10.9 Å². The molecule has 2 heterocycles. The normalized spacial score (nSPS) is 14.5. The van der Waals surface area contributed by atoms with Gasteiger partial charge in [-0.25, -0.2) is 4.68 Å². The van der Waals surface area contributed by atoms with E-state index in [2.05, 4.69) is 34.5 Å². The van der Waals surface area contributed by atoms with Crippen molar-refractivity contribution in [2.45, 2.75) is 51.7 Å². The Labute approximate surface area is 238 Å². The number of hydrogen-bond donors (Lipinski definition) is 1. The van der Waals surface area contributed by atoms with Crippen molar-refractivity contribution >= 4 is 5.97 Å². The number of aromatic nitrogens is 4. The van der Waals surface area contributed by atoms with Crippen LogP contribution >= 0.6 is 0 Å². The Bertz CT molecular complexity index is 1680. The van der Waals surface area contributed by atoms with Gasteiger partial charge in [-0.2, -0.15) is 0 Å². The van der Waals surface area contributed by atoms with Gasteiger partial charge in [0.25, 0.3) is 0 Å². The molecule has 1 N–H and O–H groups in total. The fourth-order valence-electron chi connectivity index (χ4n) is 5.33. The molecule has 8 heteroatoms. The summed E-state index contributed by atoms with van der Waals surface area (Å²) in [4.78, 5) is 12.4. The van der Waals surface area contributed by atoms with Crippen LogP contribution in [0.3, 0.4) is 0 Å². The lowest BCUT2D eigenvalue weighted by Gasteiger charge is -2.14. The number of ether oxygens (including phenoxy) is 1. The summed E-state index contributed by atoms with van der Waals surface area (Å²) in [5, 5.41) is 23.9. The maximum Gasteiger partial charge on any atom is 0.316 e. The molecule has 1 saturated carbocycles. The largest absolute Gasteiger partial charge is 0.465 e. The molecule has 1 aliphatic carbocycles. The van der Waals surface area contributed by atoms with Gasteiger partial charge in [0.2, 0.25) is 0 Å². The Balaban J connectivity index is 1.20. The number of nitrogens with zero attached hydrogens (tertiary/aromatic N) is 4. The molecule has 0 saturated heterocycles. The fraction of sp³-hybridized carbons (Fsp3) is 0.273. The lowest BCUT2D eigenvalue weighted by molar-refractivity contribution is -0.146. The number of aliphatic hydroxyl groups excluding tert-OH is 1. The molecule has 0 aliphatic heterocycles. The highest BCUT2D eigenvalue weighted by molar-refractivity contribution is 5.87. The molecule has 5 aromatic rings. The highest BCUT2D eigenvalue weighted by Gasteiger charge is 2.52. The van der Waals surface area contributed by atoms with Crippen LogP contribution in [0.15, 0.2) is 83.5 Å². The van der Waals surface area contributed by atoms with Crippen molar-refractivity contribution in [3.8, 4) is 22.5 Å². The monoisotopic (exact) mass is 548 g/mol. The Kier molecular flexibility index (Phi) is 7.01. The van der Waals surface area contributed by atoms with Gasteiger partial charge in [-0.1, -0.05) is 83.2 Å². The van der Waals surface area contributed by atoms with E-state index in [0.717, 1.165) is 40.7 Å². The maximum atomic E-state index is 12.4. The van der Waals surface area contributed by atoms with Gasteiger partial charge in [-0.15, -0.1) is 5.10 Å². The first kappa shape index (κ1) is 26.7. The van der Waals surface area contributed by atoms with Gasteiger partial charge in [0.15, 0.2) is 5.76 Å². The minimum Gasteiger partial charge on any atom is -0.465 e. The molecular weight excluding hydrogens is 516 g/mol. The number of rotatable bonds is 9. The van der Waals surface area contributed by atoms with E-state index in [0.29, 0.717) is 35.9 Å². The molecule has 2 aromatic heterocycles. The summed E-state index contributed by atoms with van der Waals surface area (Å²) in [6.07, 6.45) is 2.37. The number of benzene rings is 3. The summed E-state index contributed by atoms with van der Waals surface area (Å²) in [5.41, 5.74) is 7.29. The number of carbonyl (C=O) groups is 1. The summed E-state index contributed by atoms with van der Waals surface area (Å²) in [6, 6.07) is 24.2. The number of hydrogen-bond acceptors (Lipinski definition) is 7. The van der Waals surface area contributed by atoms with Crippen LogP contribution in [0.2, 0.25) is 0 Å². The SMILES string of the molecule is CCOC(=O)C1(c2ccc(-c3ccc(-c4onc(C)c4C(O)c4cn(Cc5ccccc5C)nn4)cc3)cc2)CC1. The zero-order valence-corrected chi connectivity index (χ0v) is 23.4. The van der Waals surface area contributed by atoms with E-state index in [4.69, 9.17) is 9.26 Å². The molecular formula is C33H32N4O4. The molecule has 0 spiro atoms. The van der Waals surface area contributed by atoms with E-state index in [1.807, 2.05) is 74.5 Å². The van der Waals surface area contributed by atoms with Crippen molar-refractivity contribution in [3.05, 3.63) is 113 Å². The van der Waals surface area contributed by atoms with Gasteiger partial charge in [0.05, 0.1) is 36.0 Å². The Hall–Kier alpha value is -4.56. The number of aryl methyl sites for hydroxylation is 2. The molecule has 0 amide bonds. The molecule has 1 aliphatic rings. The topological polar surface area (TPSA) is 103 Å². The molecule has 8 nitrogen and oxygen atoms in total. The first-order chi connectivity index (χ1) is 19.9. The van der Waals surface area contributed by atoms with Crippen molar-refractivity contribution < 1.29 is 19.2 Å². The molecule has 1 atom stereocenters. The summed E-state index contributed by atoms with van der Waals surface area (Å²) in [5.74, 6) is 0.363. The lowest BCUT2D eigenvalue weighted by Crippen LogP contribution is -2.23. The zero-order chi connectivity index (χ0) is 28.6. The van der Waals surface area contributed by atoms with E-state index in [1.165, 1.54) is 5.56 Å². The van der Waals surface area contributed by atoms with Crippen LogP contribution in [-0.4, -0.2) is 37.8 Å². The third-order valence-electron chi connectivity index (χ3n) is 7.95. The summed E-state index contributed by atoms with van der Waals surface area (Å²) >= 11 is 0. The minimum absolute atomic E-state index is 0.133. The van der Waals surface area contributed by atoms with Crippen LogP contribution in [0.4, 0.5) is 0 Å². The second kappa shape index (κ2) is 10.8. The van der Waals surface area contributed by atoms with Crippen molar-refractivity contribution in [2.24, 2.45) is 0 Å². The van der Waals surface area contributed by atoms with Crippen molar-refractivity contribution in [1.82, 2.24) is 20.2 Å². The lowest BCUT2D eigenvalue weighted by atomic mass is 9.93. The second-order valence-electron chi connectivity index (χ2n) is 10.6. The first-order valence-electron chi connectivity index (χ1n) is 13.9. The average Bonchev–Trinajstić information content (AvgIpc) is 3.52. The van der Waals surface area contributed by atoms with Gasteiger partial charge in [-0.3, -0.25) is 4.79 Å². The number of esters is 1. The minimum atomic E-state index is -1.04. The molecule has 0 bridgehead atoms. The second-order valence-corrected chi connectivity index (χ2v) is 10.6. The van der Waals surface area contributed by atoms with Gasteiger partial charge in [0, 0.05) is 5.56 Å². The Morgan fingerprint density at radius 2 is 1.66 bits per heavy atom. The molecule has 3 aromatic carbocycles. The summed E-state index contributed by atoms with van der Waals surface area (Å²) < 4.78 is 12.7. The Morgan fingerprint density at radius 3 is 2.32 bits per heavy atom. The molecule has 208 valence electrons. The van der Waals surface area contributed by atoms with Crippen LogP contribution in [0.1, 0.15) is 59.5 Å². The third kappa shape index (κ3) is 5.07. The third-order valence-corrected chi connectivity index (χ3v) is 7.95. The zero-order valence-electron chi connectivity index (χ0n) is 23.4. The van der Waals surface area contributed by atoms with E-state index >= 15 is 0 Å². The fourth-order valence-corrected chi connectivity index (χ4v) is 5.33. The Morgan fingerprint density at radius 1 is 1.00 bits per heavy atom. The van der Waals surface area contributed by atoms with E-state index in [-0.39, 0.29) is 5.97 Å². The predicted octanol–water partition coefficient (Wildman–Crippen LogP) is 5.94. The van der Waals surface area contributed by atoms with E-state index in [9.17, 15) is 9.90 Å². The molecule has 1 fully saturated rings. The van der Waals surface area contributed by atoms with Gasteiger partial charge < -0.3 is 14.4 Å². The van der Waals surface area contributed by atoms with Crippen LogP contribution in [0, 0.1) is 13.8 Å². The number of carbonyl (C=O) groups excluding carboxylic acids is 1. The number of aliphatic hydroxyl groups is 1. The van der Waals surface area contributed by atoms with E-state index < -0.39 is 11.5 Å². The standard InChI is InChI=1S/C33H32N4O4/c1-4-40-32(39)33(17-18-33)27-15-13-24(14-16-27)23-9-11-25(12-10-23)31-29(22(3)35-41-31)30(38)28-20-37(36-34-28)19-26-8-6-5-7-21(26)2/h5-16,20,30,38H,4,17-19H2,1-3H3. The van der Waals surface area contributed by atoms with Crippen LogP contribution < -0.4 is 0 Å². The predicted molar refractivity (Wildman–Crippen MR) is 154 cm³/mol. The van der Waals surface area contributed by atoms with Crippen LogP contribution in [-0.2, 0) is 21.5 Å². The average molecular weight is 549 g/mol. The van der Waals surface area contributed by atoms with Crippen molar-refractivity contribution in [3.63, 3.8) is 0 Å². The highest BCUT2D eigenvalue weighted by atomic mass is 16.5. The van der Waals surface area contributed by atoms with Crippen molar-refractivity contribution in [1.29, 1.82) is 0 Å². The van der Waals surface area contributed by atoms with Crippen LogP contribution in [0.25, 0.3) is 22.5 Å². The summed E-state index contributed by atoms with van der Waals surface area (Å²) in [6.45, 7) is 6.66. The highest BCUT2D eigenvalue weighted by Crippen LogP contribution is 2.49. The van der Waals surface area contributed by atoms with Crippen LogP contribution in [0.5, 0.6) is 0 Å². The molecule has 41 heavy (non-hydrogen) atoms. The van der Waals surface area contributed by atoms with Crippen molar-refractivity contribution in [2.75, 3.05) is 6.61 Å². The van der Waals surface area contributed by atoms with Gasteiger partial charge in [-0.05, 0) is 61.4 Å². The first-order valence-corrected chi connectivity index (χ1v) is 13.9. The molecule has 1 unspecified atom stereocenters. The molecule has 6 rings (SSSR count). The smallest absolute Gasteiger partial charge is 0.316 e. The quantitative estimate of drug-likeness (QED) is 0.227. The summed E-state index contributed by atoms with van der Waals surface area (Å²) in [7, 11) is 0. The maximum absolute atomic E-state index is 12.4.